The van der Waals surface area contributed by atoms with Gasteiger partial charge in [-0.05, 0) is 48.2 Å². The van der Waals surface area contributed by atoms with Gasteiger partial charge in [0.05, 0.1) is 5.92 Å². The fraction of sp³-hybridized carbons (Fsp3) is 0.316. The third-order valence-electron chi connectivity index (χ3n) is 4.70. The number of carbonyl (C=O) groups is 2. The summed E-state index contributed by atoms with van der Waals surface area (Å²) in [4.78, 5) is 27.4. The minimum absolute atomic E-state index is 0. The van der Waals surface area contributed by atoms with Crippen LogP contribution in [-0.4, -0.2) is 16.9 Å². The normalized spacial score (nSPS) is 19.8. The van der Waals surface area contributed by atoms with Crippen LogP contribution >= 0.6 is 0 Å². The van der Waals surface area contributed by atoms with E-state index >= 15 is 0 Å². The summed E-state index contributed by atoms with van der Waals surface area (Å²) in [5.74, 6) is -1.50. The predicted molar refractivity (Wildman–Crippen MR) is 89.9 cm³/mol. The van der Waals surface area contributed by atoms with Gasteiger partial charge in [-0.15, -0.1) is 0 Å². The Morgan fingerprint density at radius 3 is 2.31 bits per heavy atom. The van der Waals surface area contributed by atoms with Crippen LogP contribution in [0, 0.1) is 24.2 Å². The molecule has 0 unspecified atom stereocenters. The van der Waals surface area contributed by atoms with Crippen LogP contribution in [0.3, 0.4) is 0 Å². The Labute approximate surface area is 174 Å². The number of benzene rings is 1. The molecule has 1 aliphatic rings. The van der Waals surface area contributed by atoms with E-state index < -0.39 is 23.2 Å². The van der Waals surface area contributed by atoms with E-state index in [1.165, 1.54) is 0 Å². The molecule has 7 heteroatoms. The second-order valence-corrected chi connectivity index (χ2v) is 6.85. The molecule has 0 saturated heterocycles. The molecule has 0 aliphatic heterocycles. The van der Waals surface area contributed by atoms with E-state index in [4.69, 9.17) is 4.74 Å². The molecular weight excluding hydrogens is 343 g/mol. The molecule has 0 bridgehead atoms. The molecule has 1 amide bonds. The molecule has 1 N–H and O–H groups in total. The van der Waals surface area contributed by atoms with Gasteiger partial charge in [-0.1, -0.05) is 13.8 Å². The van der Waals surface area contributed by atoms with Crippen molar-refractivity contribution in [3.63, 3.8) is 0 Å². The maximum Gasteiger partial charge on any atom is 1.00 e. The molecule has 1 fully saturated rings. The van der Waals surface area contributed by atoms with Crippen molar-refractivity contribution in [2.75, 3.05) is 5.32 Å². The monoisotopic (exact) mass is 362 g/mol. The maximum atomic E-state index is 12.4. The minimum Gasteiger partial charge on any atom is -0.550 e. The number of aliphatic carboxylic acids is 1. The number of anilines is 1. The number of carboxylic acids is 1. The van der Waals surface area contributed by atoms with E-state index in [2.05, 4.69) is 10.3 Å². The summed E-state index contributed by atoms with van der Waals surface area (Å²) in [6.07, 6.45) is 3.28. The van der Waals surface area contributed by atoms with Gasteiger partial charge < -0.3 is 20.0 Å². The fourth-order valence-electron chi connectivity index (χ4n) is 3.16. The van der Waals surface area contributed by atoms with Crippen LogP contribution in [0.15, 0.2) is 42.7 Å². The molecular formula is C19H19N2NaO4. The molecule has 130 valence electrons. The smallest absolute Gasteiger partial charge is 0.550 e. The predicted octanol–water partition coefficient (Wildman–Crippen LogP) is -0.853. The number of hydrogen-bond acceptors (Lipinski definition) is 5. The van der Waals surface area contributed by atoms with Crippen LogP contribution in [0.4, 0.5) is 5.69 Å². The summed E-state index contributed by atoms with van der Waals surface area (Å²) in [7, 11) is 0. The van der Waals surface area contributed by atoms with Crippen LogP contribution in [0.1, 0.15) is 19.4 Å². The summed E-state index contributed by atoms with van der Waals surface area (Å²) in [6, 6.07) is 8.80. The number of aryl methyl sites for hydroxylation is 1. The molecule has 2 atom stereocenters. The van der Waals surface area contributed by atoms with Gasteiger partial charge in [0.1, 0.15) is 11.5 Å². The number of aromatic nitrogens is 1. The maximum absolute atomic E-state index is 12.4. The van der Waals surface area contributed by atoms with Gasteiger partial charge in [0.2, 0.25) is 5.91 Å². The molecule has 1 aliphatic carbocycles. The number of rotatable bonds is 5. The van der Waals surface area contributed by atoms with Gasteiger partial charge in [-0.3, -0.25) is 9.78 Å². The van der Waals surface area contributed by atoms with Crippen molar-refractivity contribution in [1.29, 1.82) is 0 Å². The first-order valence-electron chi connectivity index (χ1n) is 8.01. The number of nitrogens with one attached hydrogen (secondary N) is 1. The molecule has 2 aromatic rings. The van der Waals surface area contributed by atoms with E-state index in [9.17, 15) is 14.7 Å². The number of carboxylic acid groups (broad SMARTS) is 1. The Bertz CT molecular complexity index is 824. The molecule has 0 radical (unpaired) electrons. The van der Waals surface area contributed by atoms with Gasteiger partial charge >= 0.3 is 29.6 Å². The molecule has 26 heavy (non-hydrogen) atoms. The van der Waals surface area contributed by atoms with Gasteiger partial charge in [-0.2, -0.15) is 0 Å². The second kappa shape index (κ2) is 7.78. The average molecular weight is 362 g/mol. The van der Waals surface area contributed by atoms with Crippen molar-refractivity contribution < 1.29 is 49.0 Å². The van der Waals surface area contributed by atoms with Gasteiger partial charge in [-0.25, -0.2) is 0 Å². The number of hydrogen-bond donors (Lipinski definition) is 1. The van der Waals surface area contributed by atoms with E-state index in [-0.39, 0.29) is 35.5 Å². The Balaban J connectivity index is 0.00000243. The van der Waals surface area contributed by atoms with Gasteiger partial charge in [0, 0.05) is 30.0 Å². The van der Waals surface area contributed by atoms with Crippen molar-refractivity contribution >= 4 is 17.6 Å². The zero-order valence-electron chi connectivity index (χ0n) is 15.3. The van der Waals surface area contributed by atoms with Crippen LogP contribution < -0.4 is 44.7 Å². The van der Waals surface area contributed by atoms with E-state index in [0.717, 1.165) is 5.56 Å². The number of amides is 1. The van der Waals surface area contributed by atoms with E-state index in [1.807, 2.05) is 13.0 Å². The first-order valence-corrected chi connectivity index (χ1v) is 8.01. The first-order chi connectivity index (χ1) is 11.8. The van der Waals surface area contributed by atoms with Crippen molar-refractivity contribution in [2.45, 2.75) is 20.8 Å². The zero-order chi connectivity index (χ0) is 18.2. The summed E-state index contributed by atoms with van der Waals surface area (Å²) in [5.41, 5.74) is 0.872. The number of nitrogens with zero attached hydrogens (tertiary/aromatic N) is 1. The van der Waals surface area contributed by atoms with Crippen LogP contribution in [0.2, 0.25) is 0 Å². The molecule has 6 nitrogen and oxygen atoms in total. The third-order valence-corrected chi connectivity index (χ3v) is 4.70. The minimum atomic E-state index is -1.18. The van der Waals surface area contributed by atoms with Crippen LogP contribution in [0.25, 0.3) is 0 Å². The Morgan fingerprint density at radius 2 is 1.77 bits per heavy atom. The number of carbonyl (C=O) groups excluding carboxylic acids is 2. The van der Waals surface area contributed by atoms with Crippen LogP contribution in [-0.2, 0) is 9.59 Å². The molecule has 3 rings (SSSR count). The average Bonchev–Trinajstić information content (AvgIpc) is 3.14. The summed E-state index contributed by atoms with van der Waals surface area (Å²) >= 11 is 0. The fourth-order valence-corrected chi connectivity index (χ4v) is 3.16. The molecule has 1 aromatic carbocycles. The van der Waals surface area contributed by atoms with E-state index in [0.29, 0.717) is 17.2 Å². The quantitative estimate of drug-likeness (QED) is 0.700. The van der Waals surface area contributed by atoms with Gasteiger partial charge in [0.15, 0.2) is 0 Å². The first kappa shape index (κ1) is 20.4. The van der Waals surface area contributed by atoms with Gasteiger partial charge in [0.25, 0.3) is 0 Å². The Hall–Kier alpha value is -1.89. The summed E-state index contributed by atoms with van der Waals surface area (Å²) < 4.78 is 5.72. The Morgan fingerprint density at radius 1 is 1.12 bits per heavy atom. The molecule has 1 saturated carbocycles. The van der Waals surface area contributed by atoms with E-state index in [1.54, 1.807) is 50.5 Å². The zero-order valence-corrected chi connectivity index (χ0v) is 17.3. The van der Waals surface area contributed by atoms with Crippen molar-refractivity contribution in [2.24, 2.45) is 17.3 Å². The van der Waals surface area contributed by atoms with Crippen molar-refractivity contribution in [3.8, 4) is 11.5 Å². The third kappa shape index (κ3) is 4.09. The Kier molecular flexibility index (Phi) is 6.11. The largest absolute Gasteiger partial charge is 1.00 e. The topological polar surface area (TPSA) is 91.3 Å². The summed E-state index contributed by atoms with van der Waals surface area (Å²) in [5, 5.41) is 13.9. The molecule has 1 heterocycles. The van der Waals surface area contributed by atoms with Crippen LogP contribution in [0.5, 0.6) is 11.5 Å². The second-order valence-electron chi connectivity index (χ2n) is 6.85. The molecule has 0 spiro atoms. The SMILES string of the molecule is Cc1cc(Oc2ccncc2)ccc1NC(=O)[C@@H]1[C@H](C(=O)[O-])C1(C)C.[Na+]. The molecule has 1 aromatic heterocycles. The standard InChI is InChI=1S/C19H20N2O4.Na/c1-11-10-13(25-12-6-8-20-9-7-12)4-5-14(11)21-17(22)15-16(18(23)24)19(15,2)3;/h4-10,15-16H,1-3H3,(H,21,22)(H,23,24);/q;+1/p-1/t15-,16+;/m0./s1. The number of pyridine rings is 1. The summed E-state index contributed by atoms with van der Waals surface area (Å²) in [6.45, 7) is 5.37. The van der Waals surface area contributed by atoms with Crippen molar-refractivity contribution in [1.82, 2.24) is 4.98 Å². The number of ether oxygens (including phenoxy) is 1. The van der Waals surface area contributed by atoms with Crippen molar-refractivity contribution in [3.05, 3.63) is 48.3 Å².